The van der Waals surface area contributed by atoms with E-state index in [1.807, 2.05) is 6.92 Å². The Morgan fingerprint density at radius 2 is 1.45 bits per heavy atom. The number of aliphatic hydroxyl groups is 1. The number of alkyl halides is 3. The van der Waals surface area contributed by atoms with E-state index in [2.05, 4.69) is 39.6 Å². The number of nitrogens with zero attached hydrogens (tertiary/aromatic N) is 1. The standard InChI is InChI=1S/C12H15F2N.C8H13F3O2.C5H12/c1-4-5-9(3)15-12-7-11(14)10(13)6-8(12)2;1-3-6(12)4-7(2,13)5-8(9,10)11;1-5(2,3)4/h6-7H,4-5H2,1-3H3;13H,3-5H2,1-2H3;1-4H3. The van der Waals surface area contributed by atoms with Crippen LogP contribution in [0.3, 0.4) is 0 Å². The lowest BCUT2D eigenvalue weighted by atomic mass is 9.94. The Bertz CT molecular complexity index is 757. The molecule has 0 bridgehead atoms. The summed E-state index contributed by atoms with van der Waals surface area (Å²) in [5.74, 6) is -2.03. The SMILES string of the molecule is CC(C)(C)C.CCC(=O)CC(C)(O)CC(F)(F)F.CCCC(C)=Nc1cc(F)c(F)cc1C. The van der Waals surface area contributed by atoms with Crippen LogP contribution in [-0.2, 0) is 4.79 Å². The Kier molecular flexibility index (Phi) is 14.6. The number of carbonyl (C=O) groups is 1. The molecule has 0 saturated heterocycles. The lowest BCUT2D eigenvalue weighted by molar-refractivity contribution is -0.174. The second-order valence-corrected chi connectivity index (χ2v) is 10.0. The van der Waals surface area contributed by atoms with Gasteiger partial charge in [-0.1, -0.05) is 48.0 Å². The van der Waals surface area contributed by atoms with Gasteiger partial charge in [0.25, 0.3) is 0 Å². The molecule has 0 amide bonds. The molecule has 8 heteroatoms. The molecule has 192 valence electrons. The molecular weight excluding hydrogens is 441 g/mol. The maximum atomic E-state index is 13.0. The molecule has 0 fully saturated rings. The first-order valence-corrected chi connectivity index (χ1v) is 11.0. The summed E-state index contributed by atoms with van der Waals surface area (Å²) >= 11 is 0. The Morgan fingerprint density at radius 1 is 1.00 bits per heavy atom. The topological polar surface area (TPSA) is 49.7 Å². The van der Waals surface area contributed by atoms with E-state index in [1.54, 1.807) is 13.8 Å². The molecule has 33 heavy (non-hydrogen) atoms. The third kappa shape index (κ3) is 20.5. The van der Waals surface area contributed by atoms with Crippen molar-refractivity contribution in [3.05, 3.63) is 29.3 Å². The van der Waals surface area contributed by atoms with E-state index in [0.717, 1.165) is 31.5 Å². The summed E-state index contributed by atoms with van der Waals surface area (Å²) in [6.45, 7) is 17.0. The maximum absolute atomic E-state index is 13.0. The molecule has 1 atom stereocenters. The van der Waals surface area contributed by atoms with E-state index in [1.165, 1.54) is 6.07 Å². The predicted molar refractivity (Wildman–Crippen MR) is 125 cm³/mol. The second-order valence-electron chi connectivity index (χ2n) is 10.0. The Labute approximate surface area is 195 Å². The van der Waals surface area contributed by atoms with Crippen LogP contribution in [0.2, 0.25) is 0 Å². The minimum absolute atomic E-state index is 0.147. The first kappa shape index (κ1) is 33.3. The highest BCUT2D eigenvalue weighted by molar-refractivity contribution is 5.84. The van der Waals surface area contributed by atoms with Crippen LogP contribution >= 0.6 is 0 Å². The van der Waals surface area contributed by atoms with Crippen LogP contribution in [0.1, 0.15) is 93.1 Å². The fourth-order valence-corrected chi connectivity index (χ4v) is 2.42. The maximum Gasteiger partial charge on any atom is 0.391 e. The van der Waals surface area contributed by atoms with Gasteiger partial charge in [-0.15, -0.1) is 0 Å². The highest BCUT2D eigenvalue weighted by atomic mass is 19.4. The first-order valence-electron chi connectivity index (χ1n) is 11.0. The summed E-state index contributed by atoms with van der Waals surface area (Å²) in [7, 11) is 0. The van der Waals surface area contributed by atoms with Crippen LogP contribution in [0.5, 0.6) is 0 Å². The van der Waals surface area contributed by atoms with Gasteiger partial charge in [-0.25, -0.2) is 8.78 Å². The molecule has 0 heterocycles. The smallest absolute Gasteiger partial charge is 0.389 e. The Morgan fingerprint density at radius 3 is 1.85 bits per heavy atom. The number of hydrogen-bond acceptors (Lipinski definition) is 3. The molecule has 0 radical (unpaired) electrons. The van der Waals surface area contributed by atoms with E-state index in [0.29, 0.717) is 16.7 Å². The zero-order valence-corrected chi connectivity index (χ0v) is 21.4. The molecule has 0 aliphatic carbocycles. The van der Waals surface area contributed by atoms with Crippen LogP contribution in [0.15, 0.2) is 17.1 Å². The molecular formula is C25H40F5NO2. The molecule has 1 aromatic carbocycles. The van der Waals surface area contributed by atoms with Gasteiger partial charge in [-0.2, -0.15) is 13.2 Å². The zero-order valence-electron chi connectivity index (χ0n) is 21.4. The van der Waals surface area contributed by atoms with E-state index in [9.17, 15) is 31.9 Å². The molecule has 0 spiro atoms. The van der Waals surface area contributed by atoms with E-state index < -0.39 is 36.3 Å². The number of halogens is 5. The fourth-order valence-electron chi connectivity index (χ4n) is 2.42. The van der Waals surface area contributed by atoms with E-state index in [4.69, 9.17) is 0 Å². The summed E-state index contributed by atoms with van der Waals surface area (Å²) in [5.41, 5.74) is 0.640. The van der Waals surface area contributed by atoms with Gasteiger partial charge in [-0.05, 0) is 44.2 Å². The number of ketones is 1. The van der Waals surface area contributed by atoms with Crippen LogP contribution in [-0.4, -0.2) is 28.4 Å². The van der Waals surface area contributed by atoms with Crippen molar-refractivity contribution in [1.82, 2.24) is 0 Å². The number of aliphatic imine (C=N–C) groups is 1. The van der Waals surface area contributed by atoms with Gasteiger partial charge in [0.15, 0.2) is 11.6 Å². The second kappa shape index (κ2) is 14.4. The number of aryl methyl sites for hydroxylation is 1. The van der Waals surface area contributed by atoms with Gasteiger partial charge in [0.05, 0.1) is 17.7 Å². The normalized spacial score (nSPS) is 13.8. The first-order chi connectivity index (χ1) is 14.7. The molecule has 1 unspecified atom stereocenters. The fraction of sp³-hybridized carbons (Fsp3) is 0.680. The van der Waals surface area contributed by atoms with Crippen molar-refractivity contribution in [2.24, 2.45) is 10.4 Å². The van der Waals surface area contributed by atoms with Gasteiger partial charge in [-0.3, -0.25) is 9.79 Å². The van der Waals surface area contributed by atoms with Crippen molar-refractivity contribution in [2.75, 3.05) is 0 Å². The van der Waals surface area contributed by atoms with Gasteiger partial charge >= 0.3 is 6.18 Å². The molecule has 0 saturated carbocycles. The molecule has 0 aliphatic heterocycles. The molecule has 1 rings (SSSR count). The van der Waals surface area contributed by atoms with Gasteiger partial charge in [0.2, 0.25) is 0 Å². The van der Waals surface area contributed by atoms with Crippen molar-refractivity contribution >= 4 is 17.2 Å². The third-order valence-corrected chi connectivity index (χ3v) is 3.72. The zero-order chi connectivity index (χ0) is 26.6. The van der Waals surface area contributed by atoms with Gasteiger partial charge in [0.1, 0.15) is 5.78 Å². The molecule has 0 aromatic heterocycles. The minimum Gasteiger partial charge on any atom is -0.389 e. The number of rotatable bonds is 7. The number of benzene rings is 1. The summed E-state index contributed by atoms with van der Waals surface area (Å²) in [6.07, 6.45) is -4.20. The summed E-state index contributed by atoms with van der Waals surface area (Å²) < 4.78 is 61.3. The minimum atomic E-state index is -4.43. The monoisotopic (exact) mass is 481 g/mol. The van der Waals surface area contributed by atoms with Crippen molar-refractivity contribution in [3.8, 4) is 0 Å². The van der Waals surface area contributed by atoms with Crippen molar-refractivity contribution in [3.63, 3.8) is 0 Å². The Balaban J connectivity index is 0. The molecule has 1 N–H and O–H groups in total. The highest BCUT2D eigenvalue weighted by Gasteiger charge is 2.38. The van der Waals surface area contributed by atoms with E-state index in [-0.39, 0.29) is 12.2 Å². The molecule has 0 aliphatic rings. The summed E-state index contributed by atoms with van der Waals surface area (Å²) in [5, 5.41) is 9.21. The van der Waals surface area contributed by atoms with Crippen molar-refractivity contribution in [2.45, 2.75) is 106 Å². The largest absolute Gasteiger partial charge is 0.391 e. The van der Waals surface area contributed by atoms with Crippen LogP contribution in [0.4, 0.5) is 27.6 Å². The quantitative estimate of drug-likeness (QED) is 0.315. The van der Waals surface area contributed by atoms with Gasteiger partial charge < -0.3 is 5.11 Å². The van der Waals surface area contributed by atoms with Crippen molar-refractivity contribution < 1.29 is 31.9 Å². The number of carbonyl (C=O) groups excluding carboxylic acids is 1. The van der Waals surface area contributed by atoms with Gasteiger partial charge in [0, 0.05) is 24.6 Å². The number of Topliss-reactive ketones (excluding diaryl/α,β-unsaturated/α-hetero) is 1. The van der Waals surface area contributed by atoms with Crippen LogP contribution in [0, 0.1) is 24.0 Å². The number of hydrogen-bond donors (Lipinski definition) is 1. The Hall–Kier alpha value is -1.83. The molecule has 3 nitrogen and oxygen atoms in total. The lowest BCUT2D eigenvalue weighted by Gasteiger charge is -2.23. The molecule has 1 aromatic rings. The average molecular weight is 482 g/mol. The third-order valence-electron chi connectivity index (χ3n) is 3.72. The summed E-state index contributed by atoms with van der Waals surface area (Å²) in [4.78, 5) is 15.0. The summed E-state index contributed by atoms with van der Waals surface area (Å²) in [6, 6.07) is 2.32. The predicted octanol–water partition coefficient (Wildman–Crippen LogP) is 8.28. The van der Waals surface area contributed by atoms with Crippen molar-refractivity contribution in [1.29, 1.82) is 0 Å². The highest BCUT2D eigenvalue weighted by Crippen LogP contribution is 2.29. The lowest BCUT2D eigenvalue weighted by Crippen LogP contribution is -2.33. The van der Waals surface area contributed by atoms with E-state index >= 15 is 0 Å². The van der Waals surface area contributed by atoms with Crippen LogP contribution in [0.25, 0.3) is 0 Å². The van der Waals surface area contributed by atoms with Crippen LogP contribution < -0.4 is 0 Å². The average Bonchev–Trinajstić information content (AvgIpc) is 2.56.